The lowest BCUT2D eigenvalue weighted by atomic mass is 10.0. The van der Waals surface area contributed by atoms with Crippen LogP contribution in [0.5, 0.6) is 0 Å². The molecule has 0 amide bonds. The minimum Gasteiger partial charge on any atom is -0.481 e. The Hall–Kier alpha value is -3.12. The van der Waals surface area contributed by atoms with Crippen LogP contribution in [-0.2, 0) is 9.57 Å². The number of methoxy groups -OCH3 is 1. The third-order valence-corrected chi connectivity index (χ3v) is 3.88. The minimum absolute atomic E-state index is 0.387. The van der Waals surface area contributed by atoms with Crippen LogP contribution in [0.3, 0.4) is 0 Å². The maximum absolute atomic E-state index is 5.44. The number of benzene rings is 1. The molecule has 0 atom stereocenters. The average molecular weight is 336 g/mol. The van der Waals surface area contributed by atoms with Gasteiger partial charge in [0.15, 0.2) is 5.82 Å². The van der Waals surface area contributed by atoms with Gasteiger partial charge in [-0.2, -0.15) is 9.78 Å². The Morgan fingerprint density at radius 2 is 1.80 bits per heavy atom. The van der Waals surface area contributed by atoms with E-state index >= 15 is 0 Å². The molecule has 0 N–H and O–H groups in total. The van der Waals surface area contributed by atoms with Crippen LogP contribution in [0.25, 0.3) is 28.4 Å². The fourth-order valence-electron chi connectivity index (χ4n) is 2.60. The topological polar surface area (TPSA) is 52.4 Å². The first-order valence-electron chi connectivity index (χ1n) is 7.78. The molecule has 1 aromatic carbocycles. The molecule has 2 heterocycles. The van der Waals surface area contributed by atoms with Gasteiger partial charge in [-0.1, -0.05) is 36.4 Å². The van der Waals surface area contributed by atoms with E-state index in [0.29, 0.717) is 11.7 Å². The summed E-state index contributed by atoms with van der Waals surface area (Å²) in [6.07, 6.45) is 1.74. The zero-order valence-electron chi connectivity index (χ0n) is 14.5. The highest BCUT2D eigenvalue weighted by Crippen LogP contribution is 2.39. The second kappa shape index (κ2) is 7.19. The highest BCUT2D eigenvalue weighted by atomic mass is 16.7. The molecule has 0 saturated heterocycles. The van der Waals surface area contributed by atoms with E-state index in [4.69, 9.17) is 14.7 Å². The standard InChI is InChI=1S/C19H20N4O2/c1-14(24-3)23-19(22(2)25-4)17(15-10-6-5-7-11-15)18(21-23)16-12-8-9-13-20-16/h5-13H,1H2,2-4H3. The van der Waals surface area contributed by atoms with Crippen molar-refractivity contribution in [1.82, 2.24) is 14.8 Å². The molecule has 0 spiro atoms. The summed E-state index contributed by atoms with van der Waals surface area (Å²) in [7, 11) is 4.97. The number of hydrogen-bond donors (Lipinski definition) is 0. The van der Waals surface area contributed by atoms with Crippen LogP contribution in [0.2, 0.25) is 0 Å². The monoisotopic (exact) mass is 336 g/mol. The zero-order chi connectivity index (χ0) is 17.8. The number of ether oxygens (including phenoxy) is 1. The van der Waals surface area contributed by atoms with Crippen LogP contribution < -0.4 is 5.06 Å². The average Bonchev–Trinajstić information content (AvgIpc) is 3.08. The maximum Gasteiger partial charge on any atom is 0.208 e. The van der Waals surface area contributed by atoms with Crippen molar-refractivity contribution in [3.63, 3.8) is 0 Å². The van der Waals surface area contributed by atoms with Crippen molar-refractivity contribution < 1.29 is 9.57 Å². The molecule has 6 nitrogen and oxygen atoms in total. The fraction of sp³-hybridized carbons (Fsp3) is 0.158. The predicted octanol–water partition coefficient (Wildman–Crippen LogP) is 3.68. The van der Waals surface area contributed by atoms with Crippen molar-refractivity contribution in [2.45, 2.75) is 0 Å². The molecule has 3 rings (SSSR count). The van der Waals surface area contributed by atoms with Crippen LogP contribution in [0.4, 0.5) is 5.82 Å². The highest BCUT2D eigenvalue weighted by Gasteiger charge is 2.25. The number of anilines is 1. The highest BCUT2D eigenvalue weighted by molar-refractivity contribution is 5.89. The van der Waals surface area contributed by atoms with E-state index < -0.39 is 0 Å². The Labute approximate surface area is 146 Å². The van der Waals surface area contributed by atoms with Gasteiger partial charge in [0, 0.05) is 13.2 Å². The van der Waals surface area contributed by atoms with Gasteiger partial charge in [0.1, 0.15) is 5.69 Å². The lowest BCUT2D eigenvalue weighted by molar-refractivity contribution is 0.180. The molecule has 0 saturated carbocycles. The van der Waals surface area contributed by atoms with E-state index in [1.165, 1.54) is 0 Å². The van der Waals surface area contributed by atoms with Crippen molar-refractivity contribution in [1.29, 1.82) is 0 Å². The molecular weight excluding hydrogens is 316 g/mol. The van der Waals surface area contributed by atoms with Crippen LogP contribution in [0, 0.1) is 0 Å². The maximum atomic E-state index is 5.44. The fourth-order valence-corrected chi connectivity index (χ4v) is 2.60. The van der Waals surface area contributed by atoms with Crippen molar-refractivity contribution in [2.24, 2.45) is 0 Å². The molecule has 0 aliphatic carbocycles. The molecule has 0 aliphatic heterocycles. The molecule has 0 radical (unpaired) electrons. The van der Waals surface area contributed by atoms with Crippen molar-refractivity contribution >= 4 is 11.7 Å². The zero-order valence-corrected chi connectivity index (χ0v) is 14.5. The van der Waals surface area contributed by atoms with Gasteiger partial charge < -0.3 is 4.74 Å². The first kappa shape index (κ1) is 16.7. The van der Waals surface area contributed by atoms with Crippen LogP contribution in [0.1, 0.15) is 0 Å². The Balaban J connectivity index is 2.35. The largest absolute Gasteiger partial charge is 0.481 e. The summed E-state index contributed by atoms with van der Waals surface area (Å²) >= 11 is 0. The summed E-state index contributed by atoms with van der Waals surface area (Å²) in [6.45, 7) is 3.94. The first-order valence-corrected chi connectivity index (χ1v) is 7.78. The second-order valence-corrected chi connectivity index (χ2v) is 5.32. The Morgan fingerprint density at radius 3 is 2.40 bits per heavy atom. The van der Waals surface area contributed by atoms with E-state index in [1.807, 2.05) is 55.6 Å². The van der Waals surface area contributed by atoms with Crippen LogP contribution in [0.15, 0.2) is 61.3 Å². The molecule has 25 heavy (non-hydrogen) atoms. The molecular formula is C19H20N4O2. The lowest BCUT2D eigenvalue weighted by Crippen LogP contribution is -2.20. The van der Waals surface area contributed by atoms with Crippen LogP contribution in [-0.4, -0.2) is 36.0 Å². The number of pyridine rings is 1. The number of hydrogen-bond acceptors (Lipinski definition) is 5. The predicted molar refractivity (Wildman–Crippen MR) is 98.6 cm³/mol. The van der Waals surface area contributed by atoms with Gasteiger partial charge >= 0.3 is 0 Å². The molecule has 0 aliphatic rings. The Kier molecular flexibility index (Phi) is 4.81. The van der Waals surface area contributed by atoms with Crippen molar-refractivity contribution in [2.75, 3.05) is 26.3 Å². The van der Waals surface area contributed by atoms with Gasteiger partial charge in [-0.3, -0.25) is 9.82 Å². The molecule has 2 aromatic heterocycles. The smallest absolute Gasteiger partial charge is 0.208 e. The normalized spacial score (nSPS) is 10.5. The van der Waals surface area contributed by atoms with Crippen molar-refractivity contribution in [3.05, 3.63) is 61.3 Å². The van der Waals surface area contributed by atoms with Gasteiger partial charge in [-0.15, -0.1) is 0 Å². The second-order valence-electron chi connectivity index (χ2n) is 5.32. The van der Waals surface area contributed by atoms with E-state index in [-0.39, 0.29) is 0 Å². The first-order chi connectivity index (χ1) is 12.2. The Morgan fingerprint density at radius 1 is 1.08 bits per heavy atom. The molecule has 0 unspecified atom stereocenters. The minimum atomic E-state index is 0.387. The van der Waals surface area contributed by atoms with Crippen molar-refractivity contribution in [3.8, 4) is 22.5 Å². The van der Waals surface area contributed by atoms with Crippen LogP contribution >= 0.6 is 0 Å². The molecule has 0 bridgehead atoms. The summed E-state index contributed by atoms with van der Waals surface area (Å²) in [5.74, 6) is 1.10. The molecule has 3 aromatic rings. The number of hydroxylamine groups is 1. The molecule has 6 heteroatoms. The molecule has 0 fully saturated rings. The van der Waals surface area contributed by atoms with E-state index in [0.717, 1.165) is 22.5 Å². The quantitative estimate of drug-likeness (QED) is 0.508. The van der Waals surface area contributed by atoms with Gasteiger partial charge in [-0.25, -0.2) is 5.06 Å². The third kappa shape index (κ3) is 3.12. The number of rotatable bonds is 6. The Bertz CT molecular complexity index is 860. The van der Waals surface area contributed by atoms with Gasteiger partial charge in [0.05, 0.1) is 25.5 Å². The third-order valence-electron chi connectivity index (χ3n) is 3.88. The van der Waals surface area contributed by atoms with E-state index in [2.05, 4.69) is 11.6 Å². The summed E-state index contributed by atoms with van der Waals surface area (Å²) in [5, 5.41) is 6.34. The lowest BCUT2D eigenvalue weighted by Gasteiger charge is -2.19. The van der Waals surface area contributed by atoms with Gasteiger partial charge in [0.25, 0.3) is 0 Å². The number of aromatic nitrogens is 3. The van der Waals surface area contributed by atoms with Gasteiger partial charge in [-0.05, 0) is 24.3 Å². The SMILES string of the molecule is C=C(OC)n1nc(-c2ccccn2)c(-c2ccccc2)c1N(C)OC. The number of nitrogens with zero attached hydrogens (tertiary/aromatic N) is 4. The summed E-state index contributed by atoms with van der Waals surface area (Å²) < 4.78 is 6.94. The van der Waals surface area contributed by atoms with E-state index in [1.54, 1.807) is 30.2 Å². The molecule has 128 valence electrons. The summed E-state index contributed by atoms with van der Waals surface area (Å²) in [5.41, 5.74) is 3.37. The van der Waals surface area contributed by atoms with E-state index in [9.17, 15) is 0 Å². The summed E-state index contributed by atoms with van der Waals surface area (Å²) in [6, 6.07) is 15.7. The summed E-state index contributed by atoms with van der Waals surface area (Å²) in [4.78, 5) is 9.89. The van der Waals surface area contributed by atoms with Gasteiger partial charge in [0.2, 0.25) is 5.88 Å².